The fraction of sp³-hybridized carbons (Fsp3) is 0.200. The van der Waals surface area contributed by atoms with Gasteiger partial charge in [0.15, 0.2) is 0 Å². The molecule has 0 aliphatic carbocycles. The molecule has 1 aromatic carbocycles. The Morgan fingerprint density at radius 2 is 2.00 bits per heavy atom. The van der Waals surface area contributed by atoms with Gasteiger partial charge in [-0.3, -0.25) is 4.79 Å². The Hall–Kier alpha value is -1.84. The van der Waals surface area contributed by atoms with Crippen LogP contribution in [0.15, 0.2) is 24.3 Å². The SMILES string of the molecule is COC(=O)Cc1ccccc1C(=O)[O-]. The van der Waals surface area contributed by atoms with Gasteiger partial charge in [0.05, 0.1) is 19.5 Å². The van der Waals surface area contributed by atoms with Gasteiger partial charge in [0.1, 0.15) is 0 Å². The maximum Gasteiger partial charge on any atom is 0.310 e. The van der Waals surface area contributed by atoms with Crippen LogP contribution in [0.25, 0.3) is 0 Å². The summed E-state index contributed by atoms with van der Waals surface area (Å²) in [6.07, 6.45) is -0.0549. The van der Waals surface area contributed by atoms with Gasteiger partial charge in [-0.05, 0) is 5.56 Å². The number of carboxylic acid groups (broad SMARTS) is 1. The van der Waals surface area contributed by atoms with Gasteiger partial charge in [-0.2, -0.15) is 0 Å². The molecule has 0 aliphatic heterocycles. The molecule has 0 bridgehead atoms. The van der Waals surface area contributed by atoms with Crippen LogP contribution in [0.5, 0.6) is 0 Å². The smallest absolute Gasteiger partial charge is 0.310 e. The lowest BCUT2D eigenvalue weighted by Crippen LogP contribution is -2.24. The van der Waals surface area contributed by atoms with Gasteiger partial charge in [-0.25, -0.2) is 0 Å². The van der Waals surface area contributed by atoms with Crippen molar-refractivity contribution in [3.05, 3.63) is 35.4 Å². The van der Waals surface area contributed by atoms with Crippen LogP contribution in [0.4, 0.5) is 0 Å². The molecule has 1 aromatic rings. The van der Waals surface area contributed by atoms with Crippen molar-refractivity contribution in [1.29, 1.82) is 0 Å². The van der Waals surface area contributed by atoms with E-state index in [1.165, 1.54) is 13.2 Å². The molecule has 0 spiro atoms. The fourth-order valence-corrected chi connectivity index (χ4v) is 1.10. The van der Waals surface area contributed by atoms with Gasteiger partial charge in [-0.15, -0.1) is 0 Å². The maximum absolute atomic E-state index is 10.9. The van der Waals surface area contributed by atoms with Gasteiger partial charge in [0.25, 0.3) is 0 Å². The summed E-state index contributed by atoms with van der Waals surface area (Å²) in [5, 5.41) is 10.6. The summed E-state index contributed by atoms with van der Waals surface area (Å²) in [6.45, 7) is 0. The number of methoxy groups -OCH3 is 1. The summed E-state index contributed by atoms with van der Waals surface area (Å²) < 4.78 is 4.44. The summed E-state index contributed by atoms with van der Waals surface area (Å²) in [7, 11) is 1.25. The molecule has 74 valence electrons. The average Bonchev–Trinajstić information content (AvgIpc) is 2.18. The minimum Gasteiger partial charge on any atom is -0.545 e. The predicted molar refractivity (Wildman–Crippen MR) is 46.5 cm³/mol. The van der Waals surface area contributed by atoms with E-state index in [9.17, 15) is 14.7 Å². The van der Waals surface area contributed by atoms with E-state index < -0.39 is 11.9 Å². The highest BCUT2D eigenvalue weighted by molar-refractivity contribution is 5.89. The molecule has 1 rings (SSSR count). The molecule has 0 aliphatic rings. The molecule has 0 amide bonds. The molecule has 0 saturated heterocycles. The third kappa shape index (κ3) is 2.32. The number of esters is 1. The summed E-state index contributed by atoms with van der Waals surface area (Å²) in [5.74, 6) is -1.76. The number of hydrogen-bond donors (Lipinski definition) is 0. The summed E-state index contributed by atoms with van der Waals surface area (Å²) in [5.41, 5.74) is 0.428. The zero-order valence-electron chi connectivity index (χ0n) is 7.65. The van der Waals surface area contributed by atoms with E-state index in [1.54, 1.807) is 18.2 Å². The maximum atomic E-state index is 10.9. The quantitative estimate of drug-likeness (QED) is 0.621. The number of ether oxygens (including phenoxy) is 1. The minimum absolute atomic E-state index is 0.0258. The molecule has 0 aromatic heterocycles. The number of rotatable bonds is 3. The molecular formula is C10H9O4-. The molecule has 0 heterocycles. The first-order chi connectivity index (χ1) is 6.65. The molecule has 0 N–H and O–H groups in total. The van der Waals surface area contributed by atoms with Gasteiger partial charge < -0.3 is 14.6 Å². The van der Waals surface area contributed by atoms with Gasteiger partial charge in [0, 0.05) is 5.56 Å². The van der Waals surface area contributed by atoms with Crippen LogP contribution in [0, 0.1) is 0 Å². The lowest BCUT2D eigenvalue weighted by molar-refractivity contribution is -0.255. The molecule has 0 fully saturated rings. The standard InChI is InChI=1S/C10H10O4/c1-14-9(11)6-7-4-2-3-5-8(7)10(12)13/h2-5H,6H2,1H3,(H,12,13)/p-1. The fourth-order valence-electron chi connectivity index (χ4n) is 1.10. The van der Waals surface area contributed by atoms with Crippen molar-refractivity contribution in [3.63, 3.8) is 0 Å². The topological polar surface area (TPSA) is 66.4 Å². The van der Waals surface area contributed by atoms with Gasteiger partial charge in [0.2, 0.25) is 0 Å². The van der Waals surface area contributed by atoms with Crippen LogP contribution in [0.3, 0.4) is 0 Å². The lowest BCUT2D eigenvalue weighted by Gasteiger charge is -2.08. The molecule has 0 unspecified atom stereocenters. The predicted octanol–water partition coefficient (Wildman–Crippen LogP) is -0.234. The Labute approximate surface area is 81.1 Å². The van der Waals surface area contributed by atoms with Gasteiger partial charge in [-0.1, -0.05) is 24.3 Å². The Morgan fingerprint density at radius 1 is 1.36 bits per heavy atom. The second kappa shape index (κ2) is 4.41. The van der Waals surface area contributed by atoms with Crippen LogP contribution < -0.4 is 5.11 Å². The number of hydrogen-bond acceptors (Lipinski definition) is 4. The molecule has 4 nitrogen and oxygen atoms in total. The van der Waals surface area contributed by atoms with E-state index in [1.807, 2.05) is 0 Å². The number of benzene rings is 1. The van der Waals surface area contributed by atoms with E-state index >= 15 is 0 Å². The molecule has 14 heavy (non-hydrogen) atoms. The number of carbonyl (C=O) groups excluding carboxylic acids is 2. The highest BCUT2D eigenvalue weighted by Gasteiger charge is 2.07. The zero-order valence-corrected chi connectivity index (χ0v) is 7.65. The third-order valence-corrected chi connectivity index (χ3v) is 1.80. The highest BCUT2D eigenvalue weighted by Crippen LogP contribution is 2.08. The number of aromatic carboxylic acids is 1. The van der Waals surface area contributed by atoms with Crippen molar-refractivity contribution in [2.24, 2.45) is 0 Å². The Balaban J connectivity index is 2.95. The van der Waals surface area contributed by atoms with Crippen LogP contribution in [-0.4, -0.2) is 19.0 Å². The first-order valence-electron chi connectivity index (χ1n) is 4.01. The summed E-state index contributed by atoms with van der Waals surface area (Å²) in [4.78, 5) is 21.5. The van der Waals surface area contributed by atoms with Crippen molar-refractivity contribution >= 4 is 11.9 Å². The molecule has 4 heteroatoms. The minimum atomic E-state index is -1.29. The Kier molecular flexibility index (Phi) is 3.23. The van der Waals surface area contributed by atoms with Crippen LogP contribution in [-0.2, 0) is 16.0 Å². The van der Waals surface area contributed by atoms with Gasteiger partial charge >= 0.3 is 5.97 Å². The van der Waals surface area contributed by atoms with Crippen molar-refractivity contribution < 1.29 is 19.4 Å². The van der Waals surface area contributed by atoms with Crippen LogP contribution in [0.1, 0.15) is 15.9 Å². The van der Waals surface area contributed by atoms with Crippen molar-refractivity contribution in [2.75, 3.05) is 7.11 Å². The first-order valence-corrected chi connectivity index (χ1v) is 4.01. The highest BCUT2D eigenvalue weighted by atomic mass is 16.5. The van der Waals surface area contributed by atoms with E-state index in [2.05, 4.69) is 4.74 Å². The van der Waals surface area contributed by atoms with E-state index in [4.69, 9.17) is 0 Å². The Morgan fingerprint density at radius 3 is 2.57 bits per heavy atom. The number of carbonyl (C=O) groups is 2. The largest absolute Gasteiger partial charge is 0.545 e. The second-order valence-electron chi connectivity index (χ2n) is 2.70. The van der Waals surface area contributed by atoms with Crippen LogP contribution >= 0.6 is 0 Å². The van der Waals surface area contributed by atoms with Crippen LogP contribution in [0.2, 0.25) is 0 Å². The summed E-state index contributed by atoms with van der Waals surface area (Å²) in [6, 6.07) is 6.19. The monoisotopic (exact) mass is 193 g/mol. The van der Waals surface area contributed by atoms with Crippen molar-refractivity contribution in [2.45, 2.75) is 6.42 Å². The van der Waals surface area contributed by atoms with E-state index in [0.717, 1.165) is 0 Å². The number of carboxylic acids is 1. The lowest BCUT2D eigenvalue weighted by atomic mass is 10.1. The summed E-state index contributed by atoms with van der Waals surface area (Å²) >= 11 is 0. The first kappa shape index (κ1) is 10.2. The van der Waals surface area contributed by atoms with E-state index in [0.29, 0.717) is 5.56 Å². The second-order valence-corrected chi connectivity index (χ2v) is 2.70. The van der Waals surface area contributed by atoms with E-state index in [-0.39, 0.29) is 12.0 Å². The molecule has 0 saturated carbocycles. The molecular weight excluding hydrogens is 184 g/mol. The zero-order chi connectivity index (χ0) is 10.6. The Bertz CT molecular complexity index is 357. The molecule has 0 atom stereocenters. The molecule has 0 radical (unpaired) electrons. The normalized spacial score (nSPS) is 9.50. The third-order valence-electron chi connectivity index (χ3n) is 1.80. The van der Waals surface area contributed by atoms with Crippen molar-refractivity contribution in [1.82, 2.24) is 0 Å². The van der Waals surface area contributed by atoms with Crippen molar-refractivity contribution in [3.8, 4) is 0 Å². The average molecular weight is 193 g/mol.